The first kappa shape index (κ1) is 14.1. The molecule has 0 unspecified atom stereocenters. The maximum absolute atomic E-state index is 12.4. The largest absolute Gasteiger partial charge is 0.398 e. The molecule has 3 N–H and O–H groups in total. The van der Waals surface area contributed by atoms with Crippen LogP contribution in [0.25, 0.3) is 11.0 Å². The number of nitrogen functional groups attached to an aromatic ring is 1. The molecule has 0 aliphatic carbocycles. The van der Waals surface area contributed by atoms with Crippen LogP contribution in [0.3, 0.4) is 0 Å². The second-order valence-corrected chi connectivity index (χ2v) is 6.78. The van der Waals surface area contributed by atoms with E-state index in [0.717, 1.165) is 11.7 Å². The quantitative estimate of drug-likeness (QED) is 0.714. The third-order valence-corrected chi connectivity index (χ3v) is 5.10. The van der Waals surface area contributed by atoms with Gasteiger partial charge in [-0.15, -0.1) is 0 Å². The summed E-state index contributed by atoms with van der Waals surface area (Å²) in [5, 5.41) is 0.244. The standard InChI is InChI=1S/C12H9ClN4O2S2/c13-7-5-6-9-12(16-20-15-9)11(7)17-21(18,19)10-4-2-1-3-8(10)14/h1-6,17H,14H2. The van der Waals surface area contributed by atoms with Crippen LogP contribution in [0.2, 0.25) is 5.02 Å². The number of nitrogens with one attached hydrogen (secondary N) is 1. The van der Waals surface area contributed by atoms with E-state index in [1.807, 2.05) is 0 Å². The van der Waals surface area contributed by atoms with Crippen molar-refractivity contribution in [3.63, 3.8) is 0 Å². The van der Waals surface area contributed by atoms with Crippen LogP contribution in [0.5, 0.6) is 0 Å². The lowest BCUT2D eigenvalue weighted by molar-refractivity contribution is 0.601. The highest BCUT2D eigenvalue weighted by molar-refractivity contribution is 7.93. The van der Waals surface area contributed by atoms with Crippen LogP contribution in [0.1, 0.15) is 0 Å². The second kappa shape index (κ2) is 5.14. The smallest absolute Gasteiger partial charge is 0.264 e. The summed E-state index contributed by atoms with van der Waals surface area (Å²) in [7, 11) is -3.86. The SMILES string of the molecule is Nc1ccccc1S(=O)(=O)Nc1c(Cl)ccc2nsnc12. The van der Waals surface area contributed by atoms with Crippen LogP contribution in [-0.2, 0) is 10.0 Å². The van der Waals surface area contributed by atoms with E-state index in [-0.39, 0.29) is 21.3 Å². The van der Waals surface area contributed by atoms with Crippen LogP contribution >= 0.6 is 23.3 Å². The Kier molecular flexibility index (Phi) is 3.44. The van der Waals surface area contributed by atoms with Crippen molar-refractivity contribution in [3.05, 3.63) is 41.4 Å². The first-order chi connectivity index (χ1) is 9.99. The van der Waals surface area contributed by atoms with Crippen molar-refractivity contribution in [1.29, 1.82) is 0 Å². The number of nitrogens with zero attached hydrogens (tertiary/aromatic N) is 2. The van der Waals surface area contributed by atoms with Gasteiger partial charge in [0.1, 0.15) is 15.9 Å². The fraction of sp³-hybridized carbons (Fsp3) is 0. The highest BCUT2D eigenvalue weighted by Crippen LogP contribution is 2.32. The Labute approximate surface area is 129 Å². The van der Waals surface area contributed by atoms with Gasteiger partial charge in [0, 0.05) is 0 Å². The van der Waals surface area contributed by atoms with Gasteiger partial charge in [-0.3, -0.25) is 4.72 Å². The average Bonchev–Trinajstić information content (AvgIpc) is 2.91. The zero-order chi connectivity index (χ0) is 15.0. The Balaban J connectivity index is 2.12. The minimum atomic E-state index is -3.86. The number of halogens is 1. The van der Waals surface area contributed by atoms with E-state index in [0.29, 0.717) is 11.0 Å². The van der Waals surface area contributed by atoms with Gasteiger partial charge in [0.2, 0.25) is 0 Å². The molecule has 3 aromatic rings. The number of rotatable bonds is 3. The highest BCUT2D eigenvalue weighted by Gasteiger charge is 2.21. The van der Waals surface area contributed by atoms with E-state index >= 15 is 0 Å². The van der Waals surface area contributed by atoms with Crippen molar-refractivity contribution in [2.45, 2.75) is 4.90 Å². The zero-order valence-electron chi connectivity index (χ0n) is 10.4. The minimum absolute atomic E-state index is 0.0127. The predicted octanol–water partition coefficient (Wildman–Crippen LogP) is 2.73. The van der Waals surface area contributed by atoms with Gasteiger partial charge < -0.3 is 5.73 Å². The topological polar surface area (TPSA) is 98.0 Å². The number of hydrogen-bond acceptors (Lipinski definition) is 6. The molecule has 0 aliphatic rings. The van der Waals surface area contributed by atoms with E-state index in [9.17, 15) is 8.42 Å². The van der Waals surface area contributed by atoms with Gasteiger partial charge in [0.05, 0.1) is 28.1 Å². The Morgan fingerprint density at radius 3 is 2.67 bits per heavy atom. The molecule has 0 saturated heterocycles. The number of benzene rings is 2. The summed E-state index contributed by atoms with van der Waals surface area (Å²) >= 11 is 7.05. The maximum atomic E-state index is 12.4. The maximum Gasteiger partial charge on any atom is 0.264 e. The van der Waals surface area contributed by atoms with Crippen LogP contribution in [0.4, 0.5) is 11.4 Å². The van der Waals surface area contributed by atoms with Gasteiger partial charge in [-0.05, 0) is 24.3 Å². The molecule has 0 radical (unpaired) electrons. The number of anilines is 2. The summed E-state index contributed by atoms with van der Waals surface area (Å²) in [5.74, 6) is 0. The molecule has 1 heterocycles. The molecule has 0 bridgehead atoms. The zero-order valence-corrected chi connectivity index (χ0v) is 12.8. The Morgan fingerprint density at radius 1 is 1.14 bits per heavy atom. The summed E-state index contributed by atoms with van der Waals surface area (Å²) in [6, 6.07) is 9.43. The van der Waals surface area contributed by atoms with Gasteiger partial charge in [-0.25, -0.2) is 8.42 Å². The molecule has 1 aromatic heterocycles. The first-order valence-electron chi connectivity index (χ1n) is 5.77. The van der Waals surface area contributed by atoms with Crippen LogP contribution in [-0.4, -0.2) is 17.2 Å². The molecule has 0 saturated carbocycles. The summed E-state index contributed by atoms with van der Waals surface area (Å²) in [4.78, 5) is -0.0127. The van der Waals surface area contributed by atoms with Gasteiger partial charge in [-0.2, -0.15) is 8.75 Å². The van der Waals surface area contributed by atoms with Gasteiger partial charge >= 0.3 is 0 Å². The van der Waals surface area contributed by atoms with Crippen LogP contribution in [0, 0.1) is 0 Å². The third-order valence-electron chi connectivity index (χ3n) is 2.82. The molecule has 2 aromatic carbocycles. The van der Waals surface area contributed by atoms with E-state index in [1.165, 1.54) is 12.1 Å². The average molecular weight is 341 g/mol. The molecular formula is C12H9ClN4O2S2. The lowest BCUT2D eigenvalue weighted by atomic mass is 10.3. The number of fused-ring (bicyclic) bond motifs is 1. The van der Waals surface area contributed by atoms with E-state index in [1.54, 1.807) is 24.3 Å². The highest BCUT2D eigenvalue weighted by atomic mass is 35.5. The van der Waals surface area contributed by atoms with Gasteiger partial charge in [0.25, 0.3) is 10.0 Å². The van der Waals surface area contributed by atoms with E-state index in [4.69, 9.17) is 17.3 Å². The van der Waals surface area contributed by atoms with Crippen LogP contribution in [0.15, 0.2) is 41.3 Å². The lowest BCUT2D eigenvalue weighted by Gasteiger charge is -2.11. The molecule has 0 spiro atoms. The van der Waals surface area contributed by atoms with Crippen molar-refractivity contribution in [2.24, 2.45) is 0 Å². The first-order valence-corrected chi connectivity index (χ1v) is 8.36. The van der Waals surface area contributed by atoms with Crippen molar-refractivity contribution >= 4 is 55.8 Å². The number of para-hydroxylation sites is 1. The summed E-state index contributed by atoms with van der Waals surface area (Å²) in [6.07, 6.45) is 0. The van der Waals surface area contributed by atoms with Crippen molar-refractivity contribution in [1.82, 2.24) is 8.75 Å². The molecule has 6 nitrogen and oxygen atoms in total. The molecule has 9 heteroatoms. The van der Waals surface area contributed by atoms with Crippen molar-refractivity contribution in [3.8, 4) is 0 Å². The number of hydrogen-bond donors (Lipinski definition) is 2. The van der Waals surface area contributed by atoms with Crippen molar-refractivity contribution < 1.29 is 8.42 Å². The summed E-state index contributed by atoms with van der Waals surface area (Å²) in [5.41, 5.74) is 7.05. The normalized spacial score (nSPS) is 11.7. The Bertz CT molecular complexity index is 924. The second-order valence-electron chi connectivity index (χ2n) is 4.20. The molecule has 3 rings (SSSR count). The monoisotopic (exact) mass is 340 g/mol. The molecule has 0 amide bonds. The van der Waals surface area contributed by atoms with Crippen molar-refractivity contribution in [2.75, 3.05) is 10.5 Å². The predicted molar refractivity (Wildman–Crippen MR) is 84.1 cm³/mol. The fourth-order valence-electron chi connectivity index (χ4n) is 1.84. The fourth-order valence-corrected chi connectivity index (χ4v) is 3.86. The Hall–Kier alpha value is -1.90. The number of nitrogens with two attached hydrogens (primary N) is 1. The molecule has 21 heavy (non-hydrogen) atoms. The van der Waals surface area contributed by atoms with E-state index < -0.39 is 10.0 Å². The molecule has 108 valence electrons. The van der Waals surface area contributed by atoms with E-state index in [2.05, 4.69) is 13.5 Å². The van der Waals surface area contributed by atoms with Gasteiger partial charge in [-0.1, -0.05) is 23.7 Å². The molecule has 0 atom stereocenters. The molecule has 0 fully saturated rings. The lowest BCUT2D eigenvalue weighted by Crippen LogP contribution is -2.15. The summed E-state index contributed by atoms with van der Waals surface area (Å²) in [6.45, 7) is 0. The molecule has 0 aliphatic heterocycles. The molecular weight excluding hydrogens is 332 g/mol. The van der Waals surface area contributed by atoms with Crippen LogP contribution < -0.4 is 10.5 Å². The summed E-state index contributed by atoms with van der Waals surface area (Å²) < 4.78 is 35.4. The Morgan fingerprint density at radius 2 is 1.90 bits per heavy atom. The number of aromatic nitrogens is 2. The minimum Gasteiger partial charge on any atom is -0.398 e. The third kappa shape index (κ3) is 2.53. The number of sulfonamides is 1. The van der Waals surface area contributed by atoms with Gasteiger partial charge in [0.15, 0.2) is 0 Å².